The van der Waals surface area contributed by atoms with Crippen LogP contribution in [0.3, 0.4) is 0 Å². The van der Waals surface area contributed by atoms with E-state index >= 15 is 0 Å². The fourth-order valence-electron chi connectivity index (χ4n) is 2.02. The summed E-state index contributed by atoms with van der Waals surface area (Å²) >= 11 is 1.67. The molecule has 4 nitrogen and oxygen atoms in total. The van der Waals surface area contributed by atoms with Gasteiger partial charge in [-0.2, -0.15) is 5.26 Å². The van der Waals surface area contributed by atoms with Gasteiger partial charge in [0.15, 0.2) is 11.0 Å². The van der Waals surface area contributed by atoms with Crippen LogP contribution in [0, 0.1) is 18.3 Å². The Balaban J connectivity index is 2.22. The molecular weight excluding hydrogens is 268 g/mol. The summed E-state index contributed by atoms with van der Waals surface area (Å²) in [5.41, 5.74) is 2.33. The Morgan fingerprint density at radius 1 is 1.30 bits per heavy atom. The van der Waals surface area contributed by atoms with Crippen molar-refractivity contribution in [3.8, 4) is 17.5 Å². The first-order valence-electron chi connectivity index (χ1n) is 6.77. The average molecular weight is 286 g/mol. The smallest absolute Gasteiger partial charge is 0.191 e. The lowest BCUT2D eigenvalue weighted by molar-refractivity contribution is 0.686. The lowest BCUT2D eigenvalue weighted by Gasteiger charge is -2.08. The Kier molecular flexibility index (Phi) is 5.19. The fourth-order valence-corrected chi connectivity index (χ4v) is 2.96. The standard InChI is InChI=1S/C15H18N4S/c1-3-19-14(13-9-5-4-8-12(13)2)17-18-15(19)20-11-7-6-10-16/h4-5,8-9H,3,6-7,11H2,1-2H3. The van der Waals surface area contributed by atoms with Crippen molar-refractivity contribution in [1.82, 2.24) is 14.8 Å². The maximum atomic E-state index is 8.56. The first-order chi connectivity index (χ1) is 9.77. The molecule has 0 amide bonds. The van der Waals surface area contributed by atoms with Crippen LogP contribution in [0.2, 0.25) is 0 Å². The van der Waals surface area contributed by atoms with Crippen molar-refractivity contribution in [3.05, 3.63) is 29.8 Å². The van der Waals surface area contributed by atoms with Crippen molar-refractivity contribution in [2.24, 2.45) is 0 Å². The van der Waals surface area contributed by atoms with Gasteiger partial charge in [0.2, 0.25) is 0 Å². The molecule has 0 fully saturated rings. The summed E-state index contributed by atoms with van der Waals surface area (Å²) in [4.78, 5) is 0. The van der Waals surface area contributed by atoms with E-state index < -0.39 is 0 Å². The second kappa shape index (κ2) is 7.11. The molecule has 20 heavy (non-hydrogen) atoms. The van der Waals surface area contributed by atoms with Gasteiger partial charge in [-0.25, -0.2) is 0 Å². The van der Waals surface area contributed by atoms with Crippen molar-refractivity contribution in [2.75, 3.05) is 5.75 Å². The summed E-state index contributed by atoms with van der Waals surface area (Å²) in [5.74, 6) is 1.83. The Bertz CT molecular complexity index is 613. The molecule has 1 aromatic heterocycles. The zero-order valence-electron chi connectivity index (χ0n) is 11.8. The van der Waals surface area contributed by atoms with Gasteiger partial charge in [-0.1, -0.05) is 36.0 Å². The highest BCUT2D eigenvalue weighted by Gasteiger charge is 2.14. The largest absolute Gasteiger partial charge is 0.302 e. The van der Waals surface area contributed by atoms with Gasteiger partial charge in [0.25, 0.3) is 0 Å². The number of rotatable bonds is 6. The van der Waals surface area contributed by atoms with Gasteiger partial charge in [0.05, 0.1) is 6.07 Å². The predicted octanol–water partition coefficient (Wildman–Crippen LogP) is 3.67. The fraction of sp³-hybridized carbons (Fsp3) is 0.400. The van der Waals surface area contributed by atoms with E-state index in [1.807, 2.05) is 12.1 Å². The number of aromatic nitrogens is 3. The van der Waals surface area contributed by atoms with Gasteiger partial charge in [-0.15, -0.1) is 10.2 Å². The summed E-state index contributed by atoms with van der Waals surface area (Å²) in [6.45, 7) is 5.03. The highest BCUT2D eigenvalue weighted by atomic mass is 32.2. The molecule has 104 valence electrons. The topological polar surface area (TPSA) is 54.5 Å². The molecule has 0 radical (unpaired) electrons. The molecule has 0 saturated heterocycles. The predicted molar refractivity (Wildman–Crippen MR) is 81.4 cm³/mol. The minimum absolute atomic E-state index is 0.595. The van der Waals surface area contributed by atoms with Crippen molar-refractivity contribution in [1.29, 1.82) is 5.26 Å². The summed E-state index contributed by atoms with van der Waals surface area (Å²) in [5, 5.41) is 18.1. The molecule has 0 bridgehead atoms. The third-order valence-corrected chi connectivity index (χ3v) is 4.14. The van der Waals surface area contributed by atoms with Crippen LogP contribution in [-0.4, -0.2) is 20.5 Å². The van der Waals surface area contributed by atoms with Crippen LogP contribution in [0.4, 0.5) is 0 Å². The third-order valence-electron chi connectivity index (χ3n) is 3.08. The monoisotopic (exact) mass is 286 g/mol. The maximum absolute atomic E-state index is 8.56. The zero-order chi connectivity index (χ0) is 14.4. The van der Waals surface area contributed by atoms with E-state index in [0.29, 0.717) is 6.42 Å². The first-order valence-corrected chi connectivity index (χ1v) is 7.75. The quantitative estimate of drug-likeness (QED) is 0.600. The molecule has 2 rings (SSSR count). The molecule has 0 atom stereocenters. The van der Waals surface area contributed by atoms with Crippen molar-refractivity contribution < 1.29 is 0 Å². The highest BCUT2D eigenvalue weighted by molar-refractivity contribution is 7.99. The number of hydrogen-bond acceptors (Lipinski definition) is 4. The van der Waals surface area contributed by atoms with Crippen molar-refractivity contribution >= 4 is 11.8 Å². The molecule has 2 aromatic rings. The Morgan fingerprint density at radius 3 is 2.80 bits per heavy atom. The van der Waals surface area contributed by atoms with Crippen molar-refractivity contribution in [3.63, 3.8) is 0 Å². The van der Waals surface area contributed by atoms with Crippen LogP contribution in [0.25, 0.3) is 11.4 Å². The number of hydrogen-bond donors (Lipinski definition) is 0. The molecule has 0 unspecified atom stereocenters. The number of benzene rings is 1. The van der Waals surface area contributed by atoms with Crippen LogP contribution in [0.5, 0.6) is 0 Å². The number of thioether (sulfide) groups is 1. The highest BCUT2D eigenvalue weighted by Crippen LogP contribution is 2.26. The summed E-state index contributed by atoms with van der Waals surface area (Å²) in [7, 11) is 0. The zero-order valence-corrected chi connectivity index (χ0v) is 12.7. The van der Waals surface area contributed by atoms with Gasteiger partial charge < -0.3 is 4.57 Å². The van der Waals surface area contributed by atoms with Gasteiger partial charge in [-0.3, -0.25) is 0 Å². The molecule has 1 aromatic carbocycles. The molecule has 1 heterocycles. The maximum Gasteiger partial charge on any atom is 0.191 e. The van der Waals surface area contributed by atoms with E-state index in [-0.39, 0.29) is 0 Å². The first kappa shape index (κ1) is 14.6. The summed E-state index contributed by atoms with van der Waals surface area (Å²) in [6.07, 6.45) is 1.48. The molecule has 0 spiro atoms. The molecule has 0 N–H and O–H groups in total. The van der Waals surface area contributed by atoms with Crippen LogP contribution in [0.15, 0.2) is 29.4 Å². The van der Waals surface area contributed by atoms with E-state index in [1.54, 1.807) is 11.8 Å². The number of nitriles is 1. The van der Waals surface area contributed by atoms with E-state index in [1.165, 1.54) is 5.56 Å². The van der Waals surface area contributed by atoms with E-state index in [2.05, 4.69) is 46.8 Å². The molecule has 0 saturated carbocycles. The van der Waals surface area contributed by atoms with Crippen LogP contribution in [0.1, 0.15) is 25.3 Å². The molecule has 0 aliphatic carbocycles. The summed E-state index contributed by atoms with van der Waals surface area (Å²) in [6, 6.07) is 10.4. The minimum atomic E-state index is 0.595. The van der Waals surface area contributed by atoms with E-state index in [9.17, 15) is 0 Å². The van der Waals surface area contributed by atoms with Crippen LogP contribution in [-0.2, 0) is 6.54 Å². The number of aryl methyl sites for hydroxylation is 1. The lowest BCUT2D eigenvalue weighted by atomic mass is 10.1. The Hall–Kier alpha value is -1.80. The molecule has 0 aliphatic heterocycles. The van der Waals surface area contributed by atoms with E-state index in [0.717, 1.165) is 35.3 Å². The van der Waals surface area contributed by atoms with E-state index in [4.69, 9.17) is 5.26 Å². The van der Waals surface area contributed by atoms with Crippen LogP contribution >= 0.6 is 11.8 Å². The second-order valence-electron chi connectivity index (χ2n) is 4.48. The third kappa shape index (κ3) is 3.20. The van der Waals surface area contributed by atoms with Crippen molar-refractivity contribution in [2.45, 2.75) is 38.4 Å². The summed E-state index contributed by atoms with van der Waals surface area (Å²) < 4.78 is 2.14. The Morgan fingerprint density at radius 2 is 2.10 bits per heavy atom. The molecule has 5 heteroatoms. The van der Waals surface area contributed by atoms with Gasteiger partial charge >= 0.3 is 0 Å². The Labute approximate surface area is 123 Å². The number of nitrogens with zero attached hydrogens (tertiary/aromatic N) is 4. The average Bonchev–Trinajstić information content (AvgIpc) is 2.87. The normalized spacial score (nSPS) is 10.4. The number of unbranched alkanes of at least 4 members (excludes halogenated alkanes) is 1. The lowest BCUT2D eigenvalue weighted by Crippen LogP contribution is -2.01. The van der Waals surface area contributed by atoms with Crippen LogP contribution < -0.4 is 0 Å². The van der Waals surface area contributed by atoms with Gasteiger partial charge in [-0.05, 0) is 25.8 Å². The SMILES string of the molecule is CCn1c(SCCCC#N)nnc1-c1ccccc1C. The van der Waals surface area contributed by atoms with Gasteiger partial charge in [0, 0.05) is 24.3 Å². The molecule has 0 aliphatic rings. The second-order valence-corrected chi connectivity index (χ2v) is 5.54. The molecular formula is C15H18N4S. The van der Waals surface area contributed by atoms with Gasteiger partial charge in [0.1, 0.15) is 0 Å². The minimum Gasteiger partial charge on any atom is -0.302 e.